The largest absolute Gasteiger partial charge is 0.493 e. The van der Waals surface area contributed by atoms with Crippen LogP contribution in [0.4, 0.5) is 0 Å². The number of aliphatic carboxylic acids is 1. The predicted octanol–water partition coefficient (Wildman–Crippen LogP) is 4.36. The van der Waals surface area contributed by atoms with Gasteiger partial charge in [-0.2, -0.15) is 5.10 Å². The zero-order valence-corrected chi connectivity index (χ0v) is 17.1. The van der Waals surface area contributed by atoms with Crippen LogP contribution in [0.5, 0.6) is 5.75 Å². The minimum absolute atomic E-state index is 0.0677. The van der Waals surface area contributed by atoms with Crippen molar-refractivity contribution in [1.82, 2.24) is 14.8 Å². The lowest BCUT2D eigenvalue weighted by Gasteiger charge is -2.16. The number of rotatable bonds is 8. The molecule has 0 bridgehead atoms. The van der Waals surface area contributed by atoms with Gasteiger partial charge < -0.3 is 9.84 Å². The Bertz CT molecular complexity index is 1070. The molecule has 0 radical (unpaired) electrons. The average Bonchev–Trinajstić information content (AvgIpc) is 3.51. The number of fused-ring (bicyclic) bond motifs is 2. The number of carbonyl (C=O) groups is 1. The quantitative estimate of drug-likeness (QED) is 0.603. The van der Waals surface area contributed by atoms with Gasteiger partial charge in [0.2, 0.25) is 0 Å². The van der Waals surface area contributed by atoms with Crippen LogP contribution in [0, 0.1) is 5.92 Å². The van der Waals surface area contributed by atoms with Crippen LogP contribution < -0.4 is 4.74 Å². The maximum atomic E-state index is 11.3. The summed E-state index contributed by atoms with van der Waals surface area (Å²) in [5, 5.41) is 14.8. The molecule has 6 nitrogen and oxygen atoms in total. The van der Waals surface area contributed by atoms with Gasteiger partial charge in [-0.1, -0.05) is 6.07 Å². The van der Waals surface area contributed by atoms with Crippen molar-refractivity contribution in [2.24, 2.45) is 5.92 Å². The normalized spacial score (nSPS) is 16.9. The van der Waals surface area contributed by atoms with Crippen molar-refractivity contribution in [2.45, 2.75) is 57.4 Å². The summed E-state index contributed by atoms with van der Waals surface area (Å²) in [5.41, 5.74) is 4.72. The highest BCUT2D eigenvalue weighted by Crippen LogP contribution is 2.42. The Morgan fingerprint density at radius 3 is 2.90 bits per heavy atom. The molecule has 2 aliphatic carbocycles. The number of ether oxygens (including phenoxy) is 1. The van der Waals surface area contributed by atoms with Gasteiger partial charge in [0.25, 0.3) is 0 Å². The standard InChI is InChI=1S/C24H27N3O3/c28-24(29)14-23(17-5-6-17)27-22-10-9-20(13-18(22)15-25-27)30-12-11-19-8-7-16-3-1-2-4-21(16)26-19/h7-10,13,15,17,23H,1-6,11-12,14H2,(H,28,29). The van der Waals surface area contributed by atoms with Crippen LogP contribution in [-0.4, -0.2) is 32.4 Å². The summed E-state index contributed by atoms with van der Waals surface area (Å²) in [6.45, 7) is 0.579. The summed E-state index contributed by atoms with van der Waals surface area (Å²) in [6, 6.07) is 10.2. The molecule has 6 heteroatoms. The molecule has 1 fully saturated rings. The maximum Gasteiger partial charge on any atom is 0.305 e. The molecule has 3 aromatic rings. The van der Waals surface area contributed by atoms with Gasteiger partial charge in [-0.15, -0.1) is 0 Å². The van der Waals surface area contributed by atoms with Crippen LogP contribution in [-0.2, 0) is 24.1 Å². The molecule has 0 aliphatic heterocycles. The van der Waals surface area contributed by atoms with E-state index in [1.807, 2.05) is 29.1 Å². The van der Waals surface area contributed by atoms with E-state index in [0.29, 0.717) is 12.5 Å². The number of aryl methyl sites for hydroxylation is 2. The van der Waals surface area contributed by atoms with Crippen molar-refractivity contribution in [3.8, 4) is 5.75 Å². The minimum Gasteiger partial charge on any atom is -0.493 e. The van der Waals surface area contributed by atoms with Crippen LogP contribution in [0.3, 0.4) is 0 Å². The molecule has 2 aromatic heterocycles. The topological polar surface area (TPSA) is 77.2 Å². The zero-order valence-electron chi connectivity index (χ0n) is 17.1. The monoisotopic (exact) mass is 405 g/mol. The van der Waals surface area contributed by atoms with Crippen molar-refractivity contribution >= 4 is 16.9 Å². The minimum atomic E-state index is -0.772. The van der Waals surface area contributed by atoms with Gasteiger partial charge in [-0.05, 0) is 74.3 Å². The van der Waals surface area contributed by atoms with Gasteiger partial charge in [0.1, 0.15) is 5.75 Å². The molecular weight excluding hydrogens is 378 g/mol. The lowest BCUT2D eigenvalue weighted by Crippen LogP contribution is -2.16. The van der Waals surface area contributed by atoms with E-state index in [1.54, 1.807) is 0 Å². The van der Waals surface area contributed by atoms with Crippen LogP contribution in [0.2, 0.25) is 0 Å². The fourth-order valence-corrected chi connectivity index (χ4v) is 4.54. The van der Waals surface area contributed by atoms with E-state index in [2.05, 4.69) is 17.2 Å². The number of carboxylic acid groups (broad SMARTS) is 1. The summed E-state index contributed by atoms with van der Waals surface area (Å²) in [4.78, 5) is 16.1. The molecule has 0 spiro atoms. The Labute approximate surface area is 175 Å². The van der Waals surface area contributed by atoms with Crippen LogP contribution >= 0.6 is 0 Å². The van der Waals surface area contributed by atoms with Gasteiger partial charge in [0.15, 0.2) is 0 Å². The van der Waals surface area contributed by atoms with Gasteiger partial charge >= 0.3 is 5.97 Å². The fourth-order valence-electron chi connectivity index (χ4n) is 4.54. The zero-order chi connectivity index (χ0) is 20.5. The lowest BCUT2D eigenvalue weighted by molar-refractivity contribution is -0.138. The van der Waals surface area contributed by atoms with E-state index >= 15 is 0 Å². The average molecular weight is 405 g/mol. The van der Waals surface area contributed by atoms with E-state index in [-0.39, 0.29) is 12.5 Å². The highest BCUT2D eigenvalue weighted by atomic mass is 16.5. The van der Waals surface area contributed by atoms with Crippen molar-refractivity contribution in [1.29, 1.82) is 0 Å². The first-order chi connectivity index (χ1) is 14.7. The maximum absolute atomic E-state index is 11.3. The molecule has 0 amide bonds. The van der Waals surface area contributed by atoms with Crippen LogP contribution in [0.1, 0.15) is 55.1 Å². The molecule has 5 rings (SSSR count). The molecule has 1 N–H and O–H groups in total. The predicted molar refractivity (Wildman–Crippen MR) is 114 cm³/mol. The second kappa shape index (κ2) is 8.09. The molecule has 156 valence electrons. The van der Waals surface area contributed by atoms with Crippen molar-refractivity contribution < 1.29 is 14.6 Å². The number of nitrogens with zero attached hydrogens (tertiary/aromatic N) is 3. The molecule has 30 heavy (non-hydrogen) atoms. The first-order valence-electron chi connectivity index (χ1n) is 11.0. The number of aromatic nitrogens is 3. The highest BCUT2D eigenvalue weighted by Gasteiger charge is 2.35. The Morgan fingerprint density at radius 1 is 1.20 bits per heavy atom. The van der Waals surface area contributed by atoms with E-state index < -0.39 is 5.97 Å². The third kappa shape index (κ3) is 4.04. The van der Waals surface area contributed by atoms with Crippen molar-refractivity contribution in [3.63, 3.8) is 0 Å². The SMILES string of the molecule is O=C(O)CC(C1CC1)n1ncc2cc(OCCc3ccc4c(n3)CCCC4)ccc21. The molecule has 2 aliphatic rings. The van der Waals surface area contributed by atoms with Crippen LogP contribution in [0.15, 0.2) is 36.5 Å². The van der Waals surface area contributed by atoms with E-state index in [9.17, 15) is 9.90 Å². The van der Waals surface area contributed by atoms with Crippen LogP contribution in [0.25, 0.3) is 10.9 Å². The lowest BCUT2D eigenvalue weighted by atomic mass is 9.96. The van der Waals surface area contributed by atoms with Gasteiger partial charge in [0, 0.05) is 23.2 Å². The van der Waals surface area contributed by atoms with Gasteiger partial charge in [-0.25, -0.2) is 0 Å². The van der Waals surface area contributed by atoms with Crippen molar-refractivity contribution in [3.05, 3.63) is 53.5 Å². The van der Waals surface area contributed by atoms with Crippen molar-refractivity contribution in [2.75, 3.05) is 6.61 Å². The first-order valence-corrected chi connectivity index (χ1v) is 11.0. The summed E-state index contributed by atoms with van der Waals surface area (Å²) < 4.78 is 7.88. The summed E-state index contributed by atoms with van der Waals surface area (Å²) in [5.74, 6) is 0.455. The molecule has 2 heterocycles. The van der Waals surface area contributed by atoms with E-state index in [1.165, 1.54) is 24.1 Å². The molecule has 0 saturated heterocycles. The second-order valence-corrected chi connectivity index (χ2v) is 8.53. The Hall–Kier alpha value is -2.89. The Morgan fingerprint density at radius 2 is 2.07 bits per heavy atom. The number of pyridine rings is 1. The highest BCUT2D eigenvalue weighted by molar-refractivity contribution is 5.80. The summed E-state index contributed by atoms with van der Waals surface area (Å²) in [6.07, 6.45) is 9.63. The van der Waals surface area contributed by atoms with E-state index in [0.717, 1.165) is 54.5 Å². The number of hydrogen-bond donors (Lipinski definition) is 1. The fraction of sp³-hybridized carbons (Fsp3) is 0.458. The van der Waals surface area contributed by atoms with Gasteiger partial charge in [-0.3, -0.25) is 14.5 Å². The first kappa shape index (κ1) is 19.1. The molecule has 1 aromatic carbocycles. The third-order valence-corrected chi connectivity index (χ3v) is 6.29. The number of benzene rings is 1. The summed E-state index contributed by atoms with van der Waals surface area (Å²) >= 11 is 0. The summed E-state index contributed by atoms with van der Waals surface area (Å²) in [7, 11) is 0. The molecule has 1 saturated carbocycles. The Kier molecular flexibility index (Phi) is 5.15. The second-order valence-electron chi connectivity index (χ2n) is 8.53. The smallest absolute Gasteiger partial charge is 0.305 e. The Balaban J connectivity index is 1.25. The molecule has 1 unspecified atom stereocenters. The molecular formula is C24H27N3O3. The van der Waals surface area contributed by atoms with E-state index in [4.69, 9.17) is 9.72 Å². The van der Waals surface area contributed by atoms with Gasteiger partial charge in [0.05, 0.1) is 30.8 Å². The third-order valence-electron chi connectivity index (χ3n) is 6.29. The molecule has 1 atom stereocenters. The number of hydrogen-bond acceptors (Lipinski definition) is 4. The number of carboxylic acids is 1.